The van der Waals surface area contributed by atoms with Crippen LogP contribution in [0.5, 0.6) is 0 Å². The Labute approximate surface area is 137 Å². The second-order valence-corrected chi connectivity index (χ2v) is 6.24. The van der Waals surface area contributed by atoms with E-state index in [1.54, 1.807) is 24.1 Å². The highest BCUT2D eigenvalue weighted by atomic mass is 19.4. The van der Waals surface area contributed by atoms with Crippen molar-refractivity contribution in [2.75, 3.05) is 7.05 Å². The number of benzene rings is 1. The molecular weight excluding hydrogens is 319 g/mol. The molecule has 1 heterocycles. The maximum Gasteiger partial charge on any atom is 0.391 e. The molecule has 1 aromatic carbocycles. The smallest absolute Gasteiger partial charge is 0.339 e. The maximum atomic E-state index is 12.8. The van der Waals surface area contributed by atoms with Crippen molar-refractivity contribution in [3.8, 4) is 0 Å². The zero-order chi connectivity index (χ0) is 17.3. The summed E-state index contributed by atoms with van der Waals surface area (Å²) in [4.78, 5) is 14.3. The largest absolute Gasteiger partial charge is 0.391 e. The molecule has 0 N–H and O–H groups in total. The monoisotopic (exact) mass is 337 g/mol. The Balaban J connectivity index is 1.76. The normalized spacial score (nSPS) is 21.7. The highest BCUT2D eigenvalue weighted by Crippen LogP contribution is 2.38. The molecule has 24 heavy (non-hydrogen) atoms. The quantitative estimate of drug-likeness (QED) is 0.837. The van der Waals surface area contributed by atoms with Gasteiger partial charge in [0.05, 0.1) is 23.2 Å². The van der Waals surface area contributed by atoms with Crippen molar-refractivity contribution in [2.45, 2.75) is 37.9 Å². The van der Waals surface area contributed by atoms with Gasteiger partial charge in [-0.05, 0) is 31.7 Å². The lowest BCUT2D eigenvalue weighted by molar-refractivity contribution is -0.183. The lowest BCUT2D eigenvalue weighted by atomic mass is 9.85. The number of hydrogen-bond donors (Lipinski definition) is 0. The van der Waals surface area contributed by atoms with E-state index in [1.165, 1.54) is 6.20 Å². The molecule has 4 nitrogen and oxygen atoms in total. The van der Waals surface area contributed by atoms with E-state index in [9.17, 15) is 18.0 Å². The van der Waals surface area contributed by atoms with E-state index in [2.05, 4.69) is 10.2 Å². The third-order valence-corrected chi connectivity index (χ3v) is 4.80. The highest BCUT2D eigenvalue weighted by Gasteiger charge is 2.42. The van der Waals surface area contributed by atoms with Crippen LogP contribution in [0.2, 0.25) is 0 Å². The average Bonchev–Trinajstić information content (AvgIpc) is 2.59. The Morgan fingerprint density at radius 3 is 2.50 bits per heavy atom. The van der Waals surface area contributed by atoms with Crippen LogP contribution in [0.25, 0.3) is 10.9 Å². The summed E-state index contributed by atoms with van der Waals surface area (Å²) in [5.74, 6) is -1.47. The fourth-order valence-electron chi connectivity index (χ4n) is 3.32. The van der Waals surface area contributed by atoms with E-state index in [4.69, 9.17) is 0 Å². The van der Waals surface area contributed by atoms with Gasteiger partial charge >= 0.3 is 6.18 Å². The van der Waals surface area contributed by atoms with Crippen LogP contribution in [0.3, 0.4) is 0 Å². The summed E-state index contributed by atoms with van der Waals surface area (Å²) < 4.78 is 38.3. The first-order chi connectivity index (χ1) is 11.4. The van der Waals surface area contributed by atoms with Crippen molar-refractivity contribution in [1.82, 2.24) is 15.1 Å². The molecule has 0 atom stereocenters. The highest BCUT2D eigenvalue weighted by molar-refractivity contribution is 6.05. The Kier molecular flexibility index (Phi) is 4.43. The molecule has 0 bridgehead atoms. The molecule has 0 saturated heterocycles. The first kappa shape index (κ1) is 16.7. The number of carbonyl (C=O) groups excluding carboxylic acids is 1. The van der Waals surface area contributed by atoms with E-state index in [-0.39, 0.29) is 24.8 Å². The van der Waals surface area contributed by atoms with Gasteiger partial charge in [-0.3, -0.25) is 4.79 Å². The van der Waals surface area contributed by atoms with Crippen molar-refractivity contribution in [3.63, 3.8) is 0 Å². The maximum absolute atomic E-state index is 12.8. The predicted molar refractivity (Wildman–Crippen MR) is 83.4 cm³/mol. The van der Waals surface area contributed by atoms with Crippen LogP contribution < -0.4 is 0 Å². The van der Waals surface area contributed by atoms with Gasteiger partial charge in [0.2, 0.25) is 0 Å². The van der Waals surface area contributed by atoms with Crippen LogP contribution in [0.15, 0.2) is 30.5 Å². The molecule has 128 valence electrons. The van der Waals surface area contributed by atoms with Crippen molar-refractivity contribution < 1.29 is 18.0 Å². The van der Waals surface area contributed by atoms with Crippen molar-refractivity contribution in [2.24, 2.45) is 5.92 Å². The van der Waals surface area contributed by atoms with Gasteiger partial charge in [-0.2, -0.15) is 23.4 Å². The van der Waals surface area contributed by atoms with E-state index < -0.39 is 12.1 Å². The molecule has 1 saturated carbocycles. The minimum Gasteiger partial charge on any atom is -0.339 e. The topological polar surface area (TPSA) is 46.1 Å². The molecular formula is C17H18F3N3O. The zero-order valence-electron chi connectivity index (χ0n) is 13.3. The fourth-order valence-corrected chi connectivity index (χ4v) is 3.32. The molecule has 3 rings (SSSR count). The zero-order valence-corrected chi connectivity index (χ0v) is 13.3. The van der Waals surface area contributed by atoms with E-state index in [0.717, 1.165) is 0 Å². The third kappa shape index (κ3) is 3.20. The molecule has 1 amide bonds. The standard InChI is InChI=1S/C17H18F3N3O/c1-23(12-8-6-11(7-9-12)17(18,19)20)16(24)14-10-21-22-15-5-3-2-4-13(14)15/h2-5,10-12H,6-9H2,1H3. The van der Waals surface area contributed by atoms with Gasteiger partial charge in [0.1, 0.15) is 0 Å². The van der Waals surface area contributed by atoms with Crippen molar-refractivity contribution >= 4 is 16.8 Å². The molecule has 0 radical (unpaired) electrons. The number of alkyl halides is 3. The third-order valence-electron chi connectivity index (χ3n) is 4.80. The number of hydrogen-bond acceptors (Lipinski definition) is 3. The van der Waals surface area contributed by atoms with Crippen LogP contribution in [0, 0.1) is 5.92 Å². The minimum absolute atomic E-state index is 0.0706. The lowest BCUT2D eigenvalue weighted by Gasteiger charge is -2.35. The molecule has 0 aliphatic heterocycles. The summed E-state index contributed by atoms with van der Waals surface area (Å²) in [5.41, 5.74) is 1.05. The Morgan fingerprint density at radius 2 is 1.83 bits per heavy atom. The Hall–Kier alpha value is -2.18. The van der Waals surface area contributed by atoms with Gasteiger partial charge in [0.15, 0.2) is 0 Å². The second-order valence-electron chi connectivity index (χ2n) is 6.24. The minimum atomic E-state index is -4.14. The number of rotatable bonds is 2. The molecule has 0 unspecified atom stereocenters. The van der Waals surface area contributed by atoms with Crippen LogP contribution in [0.4, 0.5) is 13.2 Å². The fraction of sp³-hybridized carbons (Fsp3) is 0.471. The van der Waals surface area contributed by atoms with Crippen molar-refractivity contribution in [3.05, 3.63) is 36.0 Å². The Bertz CT molecular complexity index is 734. The van der Waals surface area contributed by atoms with Crippen LogP contribution in [-0.4, -0.2) is 40.3 Å². The molecule has 7 heteroatoms. The number of carbonyl (C=O) groups is 1. The number of aromatic nitrogens is 2. The van der Waals surface area contributed by atoms with E-state index in [1.807, 2.05) is 12.1 Å². The van der Waals surface area contributed by atoms with E-state index >= 15 is 0 Å². The van der Waals surface area contributed by atoms with Crippen LogP contribution >= 0.6 is 0 Å². The number of halogens is 3. The van der Waals surface area contributed by atoms with Gasteiger partial charge in [0, 0.05) is 18.5 Å². The predicted octanol–water partition coefficient (Wildman–Crippen LogP) is 3.82. The van der Waals surface area contributed by atoms with Gasteiger partial charge in [-0.25, -0.2) is 0 Å². The first-order valence-corrected chi connectivity index (χ1v) is 7.92. The summed E-state index contributed by atoms with van der Waals surface area (Å²) >= 11 is 0. The lowest BCUT2D eigenvalue weighted by Crippen LogP contribution is -2.41. The number of nitrogens with zero attached hydrogens (tertiary/aromatic N) is 3. The molecule has 0 spiro atoms. The summed E-state index contributed by atoms with van der Waals surface area (Å²) in [5, 5.41) is 8.55. The van der Waals surface area contributed by atoms with Crippen LogP contribution in [0.1, 0.15) is 36.0 Å². The van der Waals surface area contributed by atoms with Gasteiger partial charge in [-0.15, -0.1) is 0 Å². The first-order valence-electron chi connectivity index (χ1n) is 7.92. The summed E-state index contributed by atoms with van der Waals surface area (Å²) in [6.07, 6.45) is -1.85. The molecule has 1 fully saturated rings. The Morgan fingerprint density at radius 1 is 1.17 bits per heavy atom. The number of fused-ring (bicyclic) bond motifs is 1. The SMILES string of the molecule is CN(C(=O)c1cnnc2ccccc12)C1CCC(C(F)(F)F)CC1. The van der Waals surface area contributed by atoms with E-state index in [0.29, 0.717) is 29.3 Å². The average molecular weight is 337 g/mol. The molecule has 1 aliphatic carbocycles. The number of amides is 1. The van der Waals surface area contributed by atoms with Gasteiger partial charge < -0.3 is 4.90 Å². The van der Waals surface area contributed by atoms with Crippen molar-refractivity contribution in [1.29, 1.82) is 0 Å². The molecule has 2 aromatic rings. The van der Waals surface area contributed by atoms with Gasteiger partial charge in [-0.1, -0.05) is 18.2 Å². The van der Waals surface area contributed by atoms with Crippen LogP contribution in [-0.2, 0) is 0 Å². The summed E-state index contributed by atoms with van der Waals surface area (Å²) in [6.45, 7) is 0. The summed E-state index contributed by atoms with van der Waals surface area (Å²) in [7, 11) is 1.65. The van der Waals surface area contributed by atoms with Gasteiger partial charge in [0.25, 0.3) is 5.91 Å². The second kappa shape index (κ2) is 6.37. The molecule has 1 aromatic heterocycles. The summed E-state index contributed by atoms with van der Waals surface area (Å²) in [6, 6.07) is 7.02. The molecule has 1 aliphatic rings.